The molecule has 0 atom stereocenters. The highest BCUT2D eigenvalue weighted by Gasteiger charge is 2.32. The van der Waals surface area contributed by atoms with E-state index < -0.39 is 10.0 Å². The van der Waals surface area contributed by atoms with Crippen LogP contribution in [0.2, 0.25) is 10.0 Å². The zero-order valence-electron chi connectivity index (χ0n) is 13.7. The van der Waals surface area contributed by atoms with Crippen LogP contribution in [0.5, 0.6) is 0 Å². The lowest BCUT2D eigenvalue weighted by Crippen LogP contribution is -2.30. The van der Waals surface area contributed by atoms with E-state index in [9.17, 15) is 13.2 Å². The first-order valence-corrected chi connectivity index (χ1v) is 10.5. The van der Waals surface area contributed by atoms with Gasteiger partial charge < -0.3 is 4.90 Å². The summed E-state index contributed by atoms with van der Waals surface area (Å²) in [6.07, 6.45) is 2.36. The summed E-state index contributed by atoms with van der Waals surface area (Å²) in [4.78, 5) is 14.5. The van der Waals surface area contributed by atoms with E-state index in [1.807, 2.05) is 24.3 Å². The first-order chi connectivity index (χ1) is 12.4. The summed E-state index contributed by atoms with van der Waals surface area (Å²) in [5.41, 5.74) is 2.03. The average molecular weight is 411 g/mol. The second kappa shape index (κ2) is 6.53. The van der Waals surface area contributed by atoms with Gasteiger partial charge in [0.2, 0.25) is 10.0 Å². The van der Waals surface area contributed by atoms with E-state index in [1.54, 1.807) is 4.90 Å². The minimum absolute atomic E-state index is 0.00141. The predicted molar refractivity (Wildman–Crippen MR) is 102 cm³/mol. The predicted octanol–water partition coefficient (Wildman–Crippen LogP) is 3.64. The quantitative estimate of drug-likeness (QED) is 0.836. The van der Waals surface area contributed by atoms with Gasteiger partial charge in [-0.1, -0.05) is 41.4 Å². The SMILES string of the molecule is O=C(c1cc(S(=O)(=O)NC2CC2)c(Cl)cc1Cl)N1CCc2ccccc21. The monoisotopic (exact) mass is 410 g/mol. The first kappa shape index (κ1) is 17.8. The van der Waals surface area contributed by atoms with Crippen molar-refractivity contribution in [3.8, 4) is 0 Å². The summed E-state index contributed by atoms with van der Waals surface area (Å²) in [5, 5.41) is 0.135. The van der Waals surface area contributed by atoms with Gasteiger partial charge in [0.05, 0.1) is 15.6 Å². The molecule has 0 unspecified atom stereocenters. The maximum absolute atomic E-state index is 13.0. The van der Waals surface area contributed by atoms with Crippen LogP contribution >= 0.6 is 23.2 Å². The number of carbonyl (C=O) groups excluding carboxylic acids is 1. The molecule has 2 aromatic carbocycles. The van der Waals surface area contributed by atoms with Crippen molar-refractivity contribution in [2.75, 3.05) is 11.4 Å². The van der Waals surface area contributed by atoms with Gasteiger partial charge in [0.15, 0.2) is 0 Å². The van der Waals surface area contributed by atoms with Crippen molar-refractivity contribution in [1.82, 2.24) is 4.72 Å². The van der Waals surface area contributed by atoms with Gasteiger partial charge in [0.1, 0.15) is 4.90 Å². The molecule has 26 heavy (non-hydrogen) atoms. The van der Waals surface area contributed by atoms with Crippen molar-refractivity contribution in [2.45, 2.75) is 30.2 Å². The Morgan fingerprint density at radius 3 is 2.58 bits per heavy atom. The number of anilines is 1. The van der Waals surface area contributed by atoms with E-state index in [-0.39, 0.29) is 32.5 Å². The number of halogens is 2. The summed E-state index contributed by atoms with van der Waals surface area (Å²) in [6.45, 7) is 0.527. The van der Waals surface area contributed by atoms with E-state index in [0.717, 1.165) is 30.5 Å². The fraction of sp³-hybridized carbons (Fsp3) is 0.278. The maximum atomic E-state index is 13.0. The molecule has 0 bridgehead atoms. The number of nitrogens with one attached hydrogen (secondary N) is 1. The molecule has 1 N–H and O–H groups in total. The molecule has 1 heterocycles. The van der Waals surface area contributed by atoms with Gasteiger partial charge in [0, 0.05) is 18.3 Å². The summed E-state index contributed by atoms with van der Waals surface area (Å²) >= 11 is 12.3. The third-order valence-electron chi connectivity index (χ3n) is 4.57. The molecule has 4 rings (SSSR count). The zero-order chi connectivity index (χ0) is 18.5. The smallest absolute Gasteiger partial charge is 0.259 e. The van der Waals surface area contributed by atoms with Crippen molar-refractivity contribution < 1.29 is 13.2 Å². The van der Waals surface area contributed by atoms with Crippen molar-refractivity contribution in [1.29, 1.82) is 0 Å². The highest BCUT2D eigenvalue weighted by molar-refractivity contribution is 7.89. The Bertz CT molecular complexity index is 1000. The Morgan fingerprint density at radius 2 is 1.85 bits per heavy atom. The molecule has 1 amide bonds. The molecule has 2 aromatic rings. The number of fused-ring (bicyclic) bond motifs is 1. The number of amides is 1. The van der Waals surface area contributed by atoms with E-state index in [1.165, 1.54) is 12.1 Å². The van der Waals surface area contributed by atoms with Crippen LogP contribution in [0.15, 0.2) is 41.3 Å². The number of para-hydroxylation sites is 1. The molecule has 1 fully saturated rings. The Hall–Kier alpha value is -1.60. The fourth-order valence-corrected chi connectivity index (χ4v) is 5.24. The number of sulfonamides is 1. The Balaban J connectivity index is 1.73. The van der Waals surface area contributed by atoms with Crippen LogP contribution in [0.25, 0.3) is 0 Å². The summed E-state index contributed by atoms with van der Waals surface area (Å²) in [6, 6.07) is 10.2. The summed E-state index contributed by atoms with van der Waals surface area (Å²) in [7, 11) is -3.80. The number of benzene rings is 2. The van der Waals surface area contributed by atoms with E-state index in [4.69, 9.17) is 23.2 Å². The maximum Gasteiger partial charge on any atom is 0.259 e. The van der Waals surface area contributed by atoms with Gasteiger partial charge >= 0.3 is 0 Å². The molecule has 0 radical (unpaired) electrons. The van der Waals surface area contributed by atoms with Gasteiger partial charge in [-0.3, -0.25) is 4.79 Å². The number of nitrogens with zero attached hydrogens (tertiary/aromatic N) is 1. The average Bonchev–Trinajstić information content (AvgIpc) is 3.28. The van der Waals surface area contributed by atoms with Crippen LogP contribution in [0.3, 0.4) is 0 Å². The molecule has 1 aliphatic heterocycles. The Morgan fingerprint density at radius 1 is 1.12 bits per heavy atom. The highest BCUT2D eigenvalue weighted by atomic mass is 35.5. The molecular weight excluding hydrogens is 395 g/mol. The third-order valence-corrected chi connectivity index (χ3v) is 6.87. The molecule has 1 saturated carbocycles. The molecule has 136 valence electrons. The van der Waals surface area contributed by atoms with Crippen LogP contribution < -0.4 is 9.62 Å². The lowest BCUT2D eigenvalue weighted by molar-refractivity contribution is 0.0989. The highest BCUT2D eigenvalue weighted by Crippen LogP contribution is 2.34. The molecular formula is C18H16Cl2N2O3S. The lowest BCUT2D eigenvalue weighted by atomic mass is 10.1. The van der Waals surface area contributed by atoms with Crippen molar-refractivity contribution in [2.24, 2.45) is 0 Å². The number of rotatable bonds is 4. The second-order valence-corrected chi connectivity index (χ2v) is 8.99. The van der Waals surface area contributed by atoms with Crippen molar-refractivity contribution in [3.05, 3.63) is 57.6 Å². The van der Waals surface area contributed by atoms with Crippen LogP contribution in [0.4, 0.5) is 5.69 Å². The topological polar surface area (TPSA) is 66.5 Å². The largest absolute Gasteiger partial charge is 0.308 e. The van der Waals surface area contributed by atoms with E-state index >= 15 is 0 Å². The minimum atomic E-state index is -3.80. The second-order valence-electron chi connectivity index (χ2n) is 6.49. The van der Waals surface area contributed by atoms with Gasteiger partial charge in [-0.25, -0.2) is 13.1 Å². The molecule has 5 nitrogen and oxygen atoms in total. The van der Waals surface area contributed by atoms with E-state index in [0.29, 0.717) is 6.54 Å². The van der Waals surface area contributed by atoms with Crippen LogP contribution in [0.1, 0.15) is 28.8 Å². The molecule has 0 aromatic heterocycles. The molecule has 8 heteroatoms. The number of hydrogen-bond donors (Lipinski definition) is 1. The summed E-state index contributed by atoms with van der Waals surface area (Å²) in [5.74, 6) is -0.334. The molecule has 0 saturated heterocycles. The van der Waals surface area contributed by atoms with Crippen molar-refractivity contribution in [3.63, 3.8) is 0 Å². The minimum Gasteiger partial charge on any atom is -0.308 e. The normalized spacial score (nSPS) is 16.6. The fourth-order valence-electron chi connectivity index (χ4n) is 3.08. The molecule has 1 aliphatic carbocycles. The third kappa shape index (κ3) is 3.22. The molecule has 0 spiro atoms. The van der Waals surface area contributed by atoms with Crippen LogP contribution in [-0.2, 0) is 16.4 Å². The first-order valence-electron chi connectivity index (χ1n) is 8.28. The van der Waals surface area contributed by atoms with Gasteiger partial charge in [-0.15, -0.1) is 0 Å². The van der Waals surface area contributed by atoms with Gasteiger partial charge in [0.25, 0.3) is 5.91 Å². The van der Waals surface area contributed by atoms with Crippen LogP contribution in [0, 0.1) is 0 Å². The number of carbonyl (C=O) groups is 1. The Labute approximate surface area is 162 Å². The standard InChI is InChI=1S/C18H16Cl2N2O3S/c19-14-10-15(20)17(26(24,25)21-12-5-6-12)9-13(14)18(23)22-8-7-11-3-1-2-4-16(11)22/h1-4,9-10,12,21H,5-8H2. The van der Waals surface area contributed by atoms with Crippen molar-refractivity contribution >= 4 is 44.8 Å². The Kier molecular flexibility index (Phi) is 4.47. The van der Waals surface area contributed by atoms with E-state index in [2.05, 4.69) is 4.72 Å². The summed E-state index contributed by atoms with van der Waals surface area (Å²) < 4.78 is 27.7. The number of hydrogen-bond acceptors (Lipinski definition) is 3. The molecule has 2 aliphatic rings. The zero-order valence-corrected chi connectivity index (χ0v) is 16.0. The van der Waals surface area contributed by atoms with Gasteiger partial charge in [-0.2, -0.15) is 0 Å². The van der Waals surface area contributed by atoms with Gasteiger partial charge in [-0.05, 0) is 43.0 Å². The van der Waals surface area contributed by atoms with Crippen LogP contribution in [-0.4, -0.2) is 26.9 Å². The lowest BCUT2D eigenvalue weighted by Gasteiger charge is -2.19.